The number of carbonyl (C=O) groups is 5. The topological polar surface area (TPSA) is 201 Å². The molecule has 1 amide bonds. The van der Waals surface area contributed by atoms with Crippen molar-refractivity contribution in [2.24, 2.45) is 41.4 Å². The maximum Gasteiger partial charge on any atom is 0.329 e. The van der Waals surface area contributed by atoms with Crippen molar-refractivity contribution in [2.75, 3.05) is 41.2 Å². The Bertz CT molecular complexity index is 1970. The first-order chi connectivity index (χ1) is 32.0. The van der Waals surface area contributed by atoms with Gasteiger partial charge in [-0.15, -0.1) is 0 Å². The number of aliphatic hydroxyl groups excluding tert-OH is 1. The molecule has 3 saturated heterocycles. The average Bonchev–Trinajstić information content (AvgIpc) is 3.29. The van der Waals surface area contributed by atoms with E-state index in [2.05, 4.69) is 0 Å². The highest BCUT2D eigenvalue weighted by Crippen LogP contribution is 2.48. The van der Waals surface area contributed by atoms with E-state index in [1.54, 1.807) is 54.4 Å². The minimum absolute atomic E-state index is 0.0155. The summed E-state index contributed by atoms with van der Waals surface area (Å²) >= 11 is 0. The normalized spacial score (nSPS) is 41.6. The first kappa shape index (κ1) is 55.8. The zero-order chi connectivity index (χ0) is 50.2. The number of rotatable bonds is 7. The van der Waals surface area contributed by atoms with Gasteiger partial charge in [0, 0.05) is 77.7 Å². The van der Waals surface area contributed by atoms with Crippen LogP contribution < -0.4 is 0 Å². The molecule has 4 aliphatic heterocycles. The van der Waals surface area contributed by atoms with E-state index in [0.717, 1.165) is 5.57 Å². The van der Waals surface area contributed by atoms with Crippen molar-refractivity contribution in [3.8, 4) is 0 Å². The number of Topliss-reactive ketones (excluding diaryl/α,β-unsaturated/α-hetero) is 3. The maximum absolute atomic E-state index is 14.5. The summed E-state index contributed by atoms with van der Waals surface area (Å²) in [6, 6.07) is -1.15. The van der Waals surface area contributed by atoms with Crippen molar-refractivity contribution in [3.63, 3.8) is 0 Å². The van der Waals surface area contributed by atoms with Crippen LogP contribution in [0.25, 0.3) is 0 Å². The van der Waals surface area contributed by atoms with Gasteiger partial charge in [-0.05, 0) is 101 Å². The summed E-state index contributed by atoms with van der Waals surface area (Å²) in [7, 11) is 1.73. The molecule has 4 fully saturated rings. The zero-order valence-electron chi connectivity index (χ0n) is 42.3. The highest BCUT2D eigenvalue weighted by atomic mass is 31.2. The van der Waals surface area contributed by atoms with E-state index in [1.165, 1.54) is 12.0 Å². The highest BCUT2D eigenvalue weighted by molar-refractivity contribution is 7.57. The van der Waals surface area contributed by atoms with E-state index in [1.807, 2.05) is 51.2 Å². The van der Waals surface area contributed by atoms with Crippen LogP contribution in [0.4, 0.5) is 0 Å². The van der Waals surface area contributed by atoms with Crippen molar-refractivity contribution in [1.82, 2.24) is 4.90 Å². The lowest BCUT2D eigenvalue weighted by Crippen LogP contribution is -2.65. The predicted octanol–water partition coefficient (Wildman–Crippen LogP) is 6.96. The number of hydrogen-bond acceptors (Lipinski definition) is 14. The molecule has 0 radical (unpaired) electrons. The van der Waals surface area contributed by atoms with Crippen molar-refractivity contribution in [1.29, 1.82) is 0 Å². The lowest BCUT2D eigenvalue weighted by molar-refractivity contribution is -0.266. The van der Waals surface area contributed by atoms with Gasteiger partial charge in [-0.2, -0.15) is 0 Å². The summed E-state index contributed by atoms with van der Waals surface area (Å²) < 4.78 is 48.4. The average molecular weight is 974 g/mol. The van der Waals surface area contributed by atoms with Gasteiger partial charge < -0.3 is 43.3 Å². The van der Waals surface area contributed by atoms with Crippen LogP contribution >= 0.6 is 7.37 Å². The van der Waals surface area contributed by atoms with E-state index in [0.29, 0.717) is 69.8 Å². The largest absolute Gasteiger partial charge is 0.460 e. The fourth-order valence-corrected chi connectivity index (χ4v) is 12.2. The summed E-state index contributed by atoms with van der Waals surface area (Å²) in [5, 5.41) is 23.6. The highest BCUT2D eigenvalue weighted by Gasteiger charge is 2.57. The first-order valence-corrected chi connectivity index (χ1v) is 27.3. The van der Waals surface area contributed by atoms with E-state index < -0.39 is 97.0 Å². The Morgan fingerprint density at radius 2 is 1.57 bits per heavy atom. The number of aliphatic hydroxyl groups is 2. The molecular weight excluding hydrogens is 894 g/mol. The number of fused-ring (bicyclic) bond motifs is 4. The summed E-state index contributed by atoms with van der Waals surface area (Å²) in [6.07, 6.45) is 11.0. The van der Waals surface area contributed by atoms with Crippen molar-refractivity contribution in [3.05, 3.63) is 47.6 Å². The number of piperidine rings is 1. The molecule has 0 aromatic heterocycles. The molecule has 9 unspecified atom stereocenters. The Morgan fingerprint density at radius 1 is 0.853 bits per heavy atom. The SMILES string of the molecule is COC1CC(CC2[C@H]3CCCN4C(=O)C(=O)C5(O)O[C@@H](CCC5C)C[C@H](OC)/C(C)=C/C=C/C=C/[C@@H](C)CC(C)C(=O)[C@H](OC)C(O)/C(C)=C/C(C)C(=O)C[C@@H]2OC(=O)C34)CC[C@H]1OP(C)(C)=O. The molecule has 68 heavy (non-hydrogen) atoms. The van der Waals surface area contributed by atoms with Gasteiger partial charge in [-0.1, -0.05) is 64.2 Å². The van der Waals surface area contributed by atoms with Crippen LogP contribution in [-0.2, 0) is 56.7 Å². The minimum Gasteiger partial charge on any atom is -0.460 e. The number of hydrogen-bond donors (Lipinski definition) is 2. The number of nitrogens with zero attached hydrogens (tertiary/aromatic N) is 1. The van der Waals surface area contributed by atoms with Gasteiger partial charge in [0.25, 0.3) is 11.7 Å². The van der Waals surface area contributed by atoms with Crippen LogP contribution in [0, 0.1) is 41.4 Å². The molecule has 16 heteroatoms. The van der Waals surface area contributed by atoms with Crippen LogP contribution in [0.1, 0.15) is 112 Å². The molecule has 1 saturated carbocycles. The molecule has 4 heterocycles. The second kappa shape index (κ2) is 24.3. The van der Waals surface area contributed by atoms with Gasteiger partial charge in [0.2, 0.25) is 5.79 Å². The summed E-state index contributed by atoms with van der Waals surface area (Å²) in [5.74, 6) is -8.61. The minimum atomic E-state index is -2.82. The van der Waals surface area contributed by atoms with Gasteiger partial charge in [0.15, 0.2) is 13.2 Å². The quantitative estimate of drug-likeness (QED) is 0.115. The number of ether oxygens (including phenoxy) is 5. The van der Waals surface area contributed by atoms with Gasteiger partial charge in [-0.3, -0.25) is 23.7 Å². The van der Waals surface area contributed by atoms with Gasteiger partial charge in [-0.25, -0.2) is 4.79 Å². The Balaban J connectivity index is 1.51. The van der Waals surface area contributed by atoms with Crippen LogP contribution in [0.15, 0.2) is 47.6 Å². The number of ketones is 3. The third-order valence-corrected chi connectivity index (χ3v) is 16.1. The smallest absolute Gasteiger partial charge is 0.329 e. The molecule has 5 aliphatic rings. The molecule has 16 atom stereocenters. The Hall–Kier alpha value is -3.14. The number of allylic oxidation sites excluding steroid dienone is 6. The molecule has 4 bridgehead atoms. The zero-order valence-corrected chi connectivity index (χ0v) is 43.2. The second-order valence-corrected chi connectivity index (χ2v) is 23.6. The Kier molecular flexibility index (Phi) is 20.0. The number of carbonyl (C=O) groups excluding carboxylic acids is 5. The van der Waals surface area contributed by atoms with E-state index in [4.69, 9.17) is 28.2 Å². The maximum atomic E-state index is 14.5. The third-order valence-electron chi connectivity index (χ3n) is 15.3. The molecule has 2 N–H and O–H groups in total. The molecule has 15 nitrogen and oxygen atoms in total. The van der Waals surface area contributed by atoms with Gasteiger partial charge >= 0.3 is 5.97 Å². The lowest BCUT2D eigenvalue weighted by atomic mass is 9.68. The second-order valence-electron chi connectivity index (χ2n) is 20.8. The molecule has 0 aromatic carbocycles. The fourth-order valence-electron chi connectivity index (χ4n) is 11.4. The van der Waals surface area contributed by atoms with E-state index in [-0.39, 0.29) is 48.6 Å². The fraction of sp³-hybridized carbons (Fsp3) is 0.750. The molecular formula is C52H80NO14P. The standard InChI is InChI=1S/C52H80NO14P/c1-30-16-13-12-14-17-31(2)42(62-7)28-37-21-19-35(6)52(60,66-37)49(57)50(58)53-23-15-18-38-39(26-36-20-22-41(44(27-36)63-8)67-68(10,11)61)43(65-51(59)45(38)53)29-40(54)32(3)25-34(5)47(56)48(64-9)46(55)33(4)24-30/h12-14,16-17,25,30,32-33,35-39,41-45,47-48,56,60H,15,18-24,26-29H2,1-11H3/b14-12+,16-13+,31-17+,34-25+/t30-,32?,33?,35?,36?,37+,38-,39?,41-,42+,43+,44?,45?,47?,48+,52?/m1/s1. The summed E-state index contributed by atoms with van der Waals surface area (Å²) in [6.45, 7) is 14.0. The van der Waals surface area contributed by atoms with Crippen molar-refractivity contribution >= 4 is 36.6 Å². The van der Waals surface area contributed by atoms with Crippen molar-refractivity contribution < 1.29 is 67.0 Å². The summed E-state index contributed by atoms with van der Waals surface area (Å²) in [5.41, 5.74) is 1.27. The lowest BCUT2D eigenvalue weighted by Gasteiger charge is -2.50. The van der Waals surface area contributed by atoms with E-state index >= 15 is 0 Å². The predicted molar refractivity (Wildman–Crippen MR) is 257 cm³/mol. The first-order valence-electron chi connectivity index (χ1n) is 24.8. The van der Waals surface area contributed by atoms with E-state index in [9.17, 15) is 38.8 Å². The van der Waals surface area contributed by atoms with Crippen LogP contribution in [-0.4, -0.2) is 140 Å². The number of amides is 1. The number of esters is 1. The Morgan fingerprint density at radius 3 is 2.24 bits per heavy atom. The molecule has 5 rings (SSSR count). The van der Waals surface area contributed by atoms with Crippen LogP contribution in [0.2, 0.25) is 0 Å². The van der Waals surface area contributed by atoms with Crippen molar-refractivity contribution in [2.45, 2.75) is 167 Å². The number of methoxy groups -OCH3 is 3. The molecule has 0 aromatic rings. The molecule has 0 spiro atoms. The van der Waals surface area contributed by atoms with Crippen LogP contribution in [0.5, 0.6) is 0 Å². The molecule has 1 aliphatic carbocycles. The van der Waals surface area contributed by atoms with Gasteiger partial charge in [0.1, 0.15) is 30.1 Å². The van der Waals surface area contributed by atoms with Gasteiger partial charge in [0.05, 0.1) is 24.4 Å². The molecule has 382 valence electrons. The summed E-state index contributed by atoms with van der Waals surface area (Å²) in [4.78, 5) is 72.5. The monoisotopic (exact) mass is 974 g/mol. The third kappa shape index (κ3) is 13.6. The van der Waals surface area contributed by atoms with Crippen LogP contribution in [0.3, 0.4) is 0 Å². The Labute approximate surface area is 404 Å².